The zero-order valence-electron chi connectivity index (χ0n) is 15.0. The lowest BCUT2D eigenvalue weighted by Gasteiger charge is -2.37. The van der Waals surface area contributed by atoms with Crippen molar-refractivity contribution >= 4 is 17.5 Å². The monoisotopic (exact) mass is 364 g/mol. The van der Waals surface area contributed by atoms with Crippen LogP contribution in [0.15, 0.2) is 24.3 Å². The summed E-state index contributed by atoms with van der Waals surface area (Å²) >= 11 is 6.10. The van der Waals surface area contributed by atoms with Crippen LogP contribution in [0, 0.1) is 0 Å². The molecule has 0 saturated carbocycles. The second-order valence-corrected chi connectivity index (χ2v) is 7.55. The van der Waals surface area contributed by atoms with Crippen molar-refractivity contribution in [2.45, 2.75) is 51.0 Å². The minimum absolute atomic E-state index is 0.0734. The van der Waals surface area contributed by atoms with Crippen molar-refractivity contribution < 1.29 is 9.53 Å². The third-order valence-electron chi connectivity index (χ3n) is 5.36. The molecule has 1 aromatic carbocycles. The van der Waals surface area contributed by atoms with Gasteiger partial charge in [-0.3, -0.25) is 4.79 Å². The van der Waals surface area contributed by atoms with Gasteiger partial charge in [0.05, 0.1) is 5.02 Å². The fraction of sp³-hybridized carbons (Fsp3) is 0.650. The number of benzene rings is 1. The molecule has 0 aliphatic carbocycles. The normalized spacial score (nSPS) is 22.0. The molecule has 2 aliphatic heterocycles. The van der Waals surface area contributed by atoms with E-state index in [2.05, 4.69) is 4.90 Å². The number of piperidine rings is 2. The molecular weight excluding hydrogens is 336 g/mol. The molecule has 1 amide bonds. The van der Waals surface area contributed by atoms with E-state index < -0.39 is 0 Å². The minimum Gasteiger partial charge on any atom is -0.482 e. The van der Waals surface area contributed by atoms with E-state index in [1.54, 1.807) is 12.1 Å². The lowest BCUT2D eigenvalue weighted by atomic mass is 9.98. The molecule has 0 spiro atoms. The Morgan fingerprint density at radius 3 is 2.64 bits per heavy atom. The van der Waals surface area contributed by atoms with Crippen LogP contribution < -0.4 is 4.74 Å². The number of rotatable bonds is 6. The second kappa shape index (κ2) is 9.44. The highest BCUT2D eigenvalue weighted by molar-refractivity contribution is 6.32. The Morgan fingerprint density at radius 1 is 1.08 bits per heavy atom. The Balaban J connectivity index is 1.50. The average molecular weight is 365 g/mol. The van der Waals surface area contributed by atoms with E-state index in [4.69, 9.17) is 16.3 Å². The smallest absolute Gasteiger partial charge is 0.260 e. The zero-order valence-corrected chi connectivity index (χ0v) is 15.7. The van der Waals surface area contributed by atoms with Crippen molar-refractivity contribution in [2.24, 2.45) is 0 Å². The SMILES string of the molecule is O=C(COc1ccccc1Cl)N1CCCC[C@H]1CCN1CCCCC1. The minimum atomic E-state index is 0.0734. The Hall–Kier alpha value is -1.26. The quantitative estimate of drug-likeness (QED) is 0.765. The van der Waals surface area contributed by atoms with Gasteiger partial charge in [0.2, 0.25) is 0 Å². The number of carbonyl (C=O) groups is 1. The Labute approximate surface area is 156 Å². The van der Waals surface area contributed by atoms with Crippen LogP contribution in [0.25, 0.3) is 0 Å². The molecule has 25 heavy (non-hydrogen) atoms. The first-order chi connectivity index (χ1) is 12.2. The molecule has 2 fully saturated rings. The third kappa shape index (κ3) is 5.35. The zero-order chi connectivity index (χ0) is 17.5. The topological polar surface area (TPSA) is 32.8 Å². The lowest BCUT2D eigenvalue weighted by molar-refractivity contribution is -0.137. The average Bonchev–Trinajstić information content (AvgIpc) is 2.66. The molecule has 0 aromatic heterocycles. The lowest BCUT2D eigenvalue weighted by Crippen LogP contribution is -2.47. The number of carbonyl (C=O) groups excluding carboxylic acids is 1. The van der Waals surface area contributed by atoms with Gasteiger partial charge in [0.1, 0.15) is 5.75 Å². The van der Waals surface area contributed by atoms with Gasteiger partial charge in [0.15, 0.2) is 6.61 Å². The summed E-state index contributed by atoms with van der Waals surface area (Å²) < 4.78 is 5.66. The molecule has 1 aromatic rings. The predicted molar refractivity (Wildman–Crippen MR) is 101 cm³/mol. The molecule has 2 heterocycles. The molecular formula is C20H29ClN2O2. The fourth-order valence-electron chi connectivity index (χ4n) is 3.93. The highest BCUT2D eigenvalue weighted by Gasteiger charge is 2.27. The number of hydrogen-bond acceptors (Lipinski definition) is 3. The summed E-state index contributed by atoms with van der Waals surface area (Å²) in [6, 6.07) is 7.67. The van der Waals surface area contributed by atoms with Crippen molar-refractivity contribution in [1.82, 2.24) is 9.80 Å². The number of ether oxygens (including phenoxy) is 1. The fourth-order valence-corrected chi connectivity index (χ4v) is 4.12. The van der Waals surface area contributed by atoms with E-state index in [9.17, 15) is 4.79 Å². The van der Waals surface area contributed by atoms with Crippen molar-refractivity contribution in [1.29, 1.82) is 0 Å². The number of likely N-dealkylation sites (tertiary alicyclic amines) is 2. The summed E-state index contributed by atoms with van der Waals surface area (Å²) in [6.45, 7) is 4.48. The first-order valence-electron chi connectivity index (χ1n) is 9.63. The molecule has 0 N–H and O–H groups in total. The molecule has 0 radical (unpaired) electrons. The van der Waals surface area contributed by atoms with Crippen molar-refractivity contribution in [3.63, 3.8) is 0 Å². The number of hydrogen-bond donors (Lipinski definition) is 0. The number of amides is 1. The first kappa shape index (κ1) is 18.5. The Morgan fingerprint density at radius 2 is 1.84 bits per heavy atom. The van der Waals surface area contributed by atoms with Crippen LogP contribution in [0.4, 0.5) is 0 Å². The highest BCUT2D eigenvalue weighted by atomic mass is 35.5. The van der Waals surface area contributed by atoms with Gasteiger partial charge in [-0.1, -0.05) is 30.2 Å². The molecule has 0 unspecified atom stereocenters. The maximum atomic E-state index is 12.7. The molecule has 5 heteroatoms. The maximum Gasteiger partial charge on any atom is 0.260 e. The van der Waals surface area contributed by atoms with E-state index in [1.807, 2.05) is 17.0 Å². The van der Waals surface area contributed by atoms with Gasteiger partial charge >= 0.3 is 0 Å². The maximum absolute atomic E-state index is 12.7. The van der Waals surface area contributed by atoms with Crippen LogP contribution in [0.3, 0.4) is 0 Å². The summed E-state index contributed by atoms with van der Waals surface area (Å²) in [5.74, 6) is 0.669. The van der Waals surface area contributed by atoms with E-state index in [-0.39, 0.29) is 12.5 Å². The van der Waals surface area contributed by atoms with Crippen molar-refractivity contribution in [3.8, 4) is 5.75 Å². The predicted octanol–water partition coefficient (Wildman–Crippen LogP) is 3.98. The summed E-state index contributed by atoms with van der Waals surface area (Å²) in [7, 11) is 0. The molecule has 1 atom stereocenters. The van der Waals surface area contributed by atoms with Gasteiger partial charge in [-0.25, -0.2) is 0 Å². The van der Waals surface area contributed by atoms with E-state index >= 15 is 0 Å². The summed E-state index contributed by atoms with van der Waals surface area (Å²) in [5, 5.41) is 0.551. The first-order valence-corrected chi connectivity index (χ1v) is 10.0. The number of nitrogens with zero attached hydrogens (tertiary/aromatic N) is 2. The van der Waals surface area contributed by atoms with Gasteiger partial charge in [-0.2, -0.15) is 0 Å². The van der Waals surface area contributed by atoms with E-state index in [1.165, 1.54) is 38.8 Å². The second-order valence-electron chi connectivity index (χ2n) is 7.15. The third-order valence-corrected chi connectivity index (χ3v) is 5.67. The van der Waals surface area contributed by atoms with Gasteiger partial charge in [0, 0.05) is 19.1 Å². The van der Waals surface area contributed by atoms with E-state index in [0.717, 1.165) is 32.4 Å². The Bertz CT molecular complexity index is 560. The largest absolute Gasteiger partial charge is 0.482 e. The molecule has 3 rings (SSSR count). The summed E-state index contributed by atoms with van der Waals surface area (Å²) in [5.41, 5.74) is 0. The molecule has 2 saturated heterocycles. The van der Waals surface area contributed by atoms with Crippen LogP contribution in [-0.4, -0.2) is 54.5 Å². The van der Waals surface area contributed by atoms with Crippen LogP contribution in [-0.2, 0) is 4.79 Å². The molecule has 0 bridgehead atoms. The van der Waals surface area contributed by atoms with Gasteiger partial charge in [-0.15, -0.1) is 0 Å². The van der Waals surface area contributed by atoms with Gasteiger partial charge < -0.3 is 14.5 Å². The number of para-hydroxylation sites is 1. The van der Waals surface area contributed by atoms with E-state index in [0.29, 0.717) is 16.8 Å². The molecule has 2 aliphatic rings. The number of halogens is 1. The van der Waals surface area contributed by atoms with Crippen LogP contribution >= 0.6 is 11.6 Å². The molecule has 138 valence electrons. The van der Waals surface area contributed by atoms with Gasteiger partial charge in [-0.05, 0) is 63.7 Å². The standard InChI is InChI=1S/C20H29ClN2O2/c21-18-9-2-3-10-19(18)25-16-20(24)23-14-7-4-8-17(23)11-15-22-12-5-1-6-13-22/h2-3,9-10,17H,1,4-8,11-16H2/t17-/m0/s1. The van der Waals surface area contributed by atoms with Gasteiger partial charge in [0.25, 0.3) is 5.91 Å². The van der Waals surface area contributed by atoms with Crippen LogP contribution in [0.2, 0.25) is 5.02 Å². The summed E-state index contributed by atoms with van der Waals surface area (Å²) in [6.07, 6.45) is 8.52. The molecule has 4 nitrogen and oxygen atoms in total. The van der Waals surface area contributed by atoms with Crippen LogP contribution in [0.5, 0.6) is 5.75 Å². The summed E-state index contributed by atoms with van der Waals surface area (Å²) in [4.78, 5) is 17.3. The Kier molecular flexibility index (Phi) is 7.00. The highest BCUT2D eigenvalue weighted by Crippen LogP contribution is 2.24. The van der Waals surface area contributed by atoms with Crippen molar-refractivity contribution in [2.75, 3.05) is 32.8 Å². The van der Waals surface area contributed by atoms with Crippen molar-refractivity contribution in [3.05, 3.63) is 29.3 Å². The van der Waals surface area contributed by atoms with Crippen LogP contribution in [0.1, 0.15) is 44.9 Å².